The fourth-order valence-corrected chi connectivity index (χ4v) is 4.25. The predicted molar refractivity (Wildman–Crippen MR) is 118 cm³/mol. The predicted octanol–water partition coefficient (Wildman–Crippen LogP) is 3.88. The van der Waals surface area contributed by atoms with Crippen molar-refractivity contribution < 1.29 is 13.2 Å². The number of aryl methyl sites for hydroxylation is 2. The molecule has 158 valence electrons. The topological polar surface area (TPSA) is 85.4 Å². The maximum Gasteiger partial charge on any atom is 0.255 e. The molecule has 0 unspecified atom stereocenters. The van der Waals surface area contributed by atoms with Crippen LogP contribution in [-0.2, 0) is 10.0 Å². The third kappa shape index (κ3) is 4.17. The second-order valence-corrected chi connectivity index (χ2v) is 9.23. The van der Waals surface area contributed by atoms with Crippen molar-refractivity contribution in [2.45, 2.75) is 38.6 Å². The monoisotopic (exact) mass is 425 g/mol. The molecule has 2 aromatic carbocycles. The van der Waals surface area contributed by atoms with Crippen molar-refractivity contribution in [2.24, 2.45) is 5.14 Å². The first-order valence-electron chi connectivity index (χ1n) is 9.66. The molecule has 1 aromatic heterocycles. The molecule has 0 saturated heterocycles. The molecule has 0 aliphatic carbocycles. The lowest BCUT2D eigenvalue weighted by Crippen LogP contribution is -2.30. The van der Waals surface area contributed by atoms with E-state index in [1.54, 1.807) is 24.1 Å². The normalized spacial score (nSPS) is 12.6. The minimum absolute atomic E-state index is 0.0327. The molecular formula is C23H27N3O3S. The highest BCUT2D eigenvalue weighted by Gasteiger charge is 2.24. The average Bonchev–Trinajstić information content (AvgIpc) is 2.99. The average molecular weight is 426 g/mol. The van der Waals surface area contributed by atoms with Gasteiger partial charge in [-0.2, -0.15) is 0 Å². The Morgan fingerprint density at radius 3 is 2.33 bits per heavy atom. The molecule has 0 aliphatic heterocycles. The zero-order chi connectivity index (χ0) is 22.2. The first-order chi connectivity index (χ1) is 14.0. The van der Waals surface area contributed by atoms with Crippen LogP contribution in [0.3, 0.4) is 0 Å². The summed E-state index contributed by atoms with van der Waals surface area (Å²) in [5.41, 5.74) is 5.31. The number of hydrogen-bond acceptors (Lipinski definition) is 3. The van der Waals surface area contributed by atoms with Crippen LogP contribution in [0.25, 0.3) is 5.69 Å². The molecule has 0 fully saturated rings. The first-order valence-corrected chi connectivity index (χ1v) is 11.2. The SMILES string of the molecule is Cc1cccc(-n2c(C)cc(C(=O)N(C)[C@H](C)c3cccc(S(N)(=O)=O)c3)c2C)c1. The second kappa shape index (κ2) is 8.08. The number of rotatable bonds is 5. The second-order valence-electron chi connectivity index (χ2n) is 7.67. The Labute approximate surface area is 178 Å². The van der Waals surface area contributed by atoms with Gasteiger partial charge in [-0.3, -0.25) is 4.79 Å². The van der Waals surface area contributed by atoms with Crippen LogP contribution in [0.5, 0.6) is 0 Å². The lowest BCUT2D eigenvalue weighted by Gasteiger charge is -2.26. The van der Waals surface area contributed by atoms with Crippen LogP contribution < -0.4 is 5.14 Å². The number of hydrogen-bond donors (Lipinski definition) is 1. The number of amides is 1. The summed E-state index contributed by atoms with van der Waals surface area (Å²) >= 11 is 0. The molecule has 1 atom stereocenters. The number of nitrogens with zero attached hydrogens (tertiary/aromatic N) is 2. The molecule has 0 bridgehead atoms. The largest absolute Gasteiger partial charge is 0.335 e. The van der Waals surface area contributed by atoms with Gasteiger partial charge in [0.05, 0.1) is 16.5 Å². The zero-order valence-corrected chi connectivity index (χ0v) is 18.7. The third-order valence-electron chi connectivity index (χ3n) is 5.49. The number of carbonyl (C=O) groups is 1. The van der Waals surface area contributed by atoms with Crippen molar-refractivity contribution in [3.63, 3.8) is 0 Å². The molecule has 30 heavy (non-hydrogen) atoms. The molecule has 1 amide bonds. The van der Waals surface area contributed by atoms with E-state index in [1.807, 2.05) is 52.0 Å². The molecule has 1 heterocycles. The number of aromatic nitrogens is 1. The van der Waals surface area contributed by atoms with Crippen LogP contribution in [-0.4, -0.2) is 30.8 Å². The van der Waals surface area contributed by atoms with Crippen LogP contribution >= 0.6 is 0 Å². The van der Waals surface area contributed by atoms with Gasteiger partial charge >= 0.3 is 0 Å². The highest BCUT2D eigenvalue weighted by atomic mass is 32.2. The number of benzene rings is 2. The summed E-state index contributed by atoms with van der Waals surface area (Å²) in [4.78, 5) is 14.9. The van der Waals surface area contributed by atoms with Crippen LogP contribution in [0.4, 0.5) is 0 Å². The summed E-state index contributed by atoms with van der Waals surface area (Å²) < 4.78 is 25.4. The smallest absolute Gasteiger partial charge is 0.255 e. The van der Waals surface area contributed by atoms with E-state index in [1.165, 1.54) is 12.1 Å². The van der Waals surface area contributed by atoms with E-state index in [0.717, 1.165) is 22.6 Å². The van der Waals surface area contributed by atoms with Gasteiger partial charge in [-0.15, -0.1) is 0 Å². The molecule has 0 saturated carbocycles. The van der Waals surface area contributed by atoms with E-state index in [4.69, 9.17) is 5.14 Å². The zero-order valence-electron chi connectivity index (χ0n) is 17.9. The summed E-state index contributed by atoms with van der Waals surface area (Å²) in [6.45, 7) is 7.81. The van der Waals surface area contributed by atoms with Gasteiger partial charge in [-0.05, 0) is 69.2 Å². The summed E-state index contributed by atoms with van der Waals surface area (Å²) in [5, 5.41) is 5.25. The van der Waals surface area contributed by atoms with E-state index in [-0.39, 0.29) is 16.8 Å². The molecule has 0 radical (unpaired) electrons. The van der Waals surface area contributed by atoms with E-state index in [2.05, 4.69) is 10.6 Å². The van der Waals surface area contributed by atoms with Crippen molar-refractivity contribution in [3.8, 4) is 5.69 Å². The van der Waals surface area contributed by atoms with Gasteiger partial charge in [0, 0.05) is 24.1 Å². The molecular weight excluding hydrogens is 398 g/mol. The Morgan fingerprint density at radius 2 is 1.70 bits per heavy atom. The number of carbonyl (C=O) groups excluding carboxylic acids is 1. The molecule has 3 aromatic rings. The van der Waals surface area contributed by atoms with Gasteiger partial charge in [-0.1, -0.05) is 24.3 Å². The number of nitrogens with two attached hydrogens (primary N) is 1. The summed E-state index contributed by atoms with van der Waals surface area (Å²) in [6, 6.07) is 16.1. The van der Waals surface area contributed by atoms with E-state index >= 15 is 0 Å². The summed E-state index contributed by atoms with van der Waals surface area (Å²) in [6.07, 6.45) is 0. The quantitative estimate of drug-likeness (QED) is 0.673. The van der Waals surface area contributed by atoms with Crippen molar-refractivity contribution in [1.29, 1.82) is 0 Å². The van der Waals surface area contributed by atoms with Crippen LogP contribution in [0.2, 0.25) is 0 Å². The van der Waals surface area contributed by atoms with Gasteiger partial charge in [0.1, 0.15) is 0 Å². The van der Waals surface area contributed by atoms with E-state index in [9.17, 15) is 13.2 Å². The molecule has 3 rings (SSSR count). The van der Waals surface area contributed by atoms with Gasteiger partial charge < -0.3 is 9.47 Å². The minimum Gasteiger partial charge on any atom is -0.335 e. The van der Waals surface area contributed by atoms with Gasteiger partial charge in [0.2, 0.25) is 10.0 Å². The summed E-state index contributed by atoms with van der Waals surface area (Å²) in [7, 11) is -2.09. The lowest BCUT2D eigenvalue weighted by molar-refractivity contribution is 0.0742. The first kappa shape index (κ1) is 21.8. The van der Waals surface area contributed by atoms with Crippen LogP contribution in [0, 0.1) is 20.8 Å². The molecule has 7 heteroatoms. The van der Waals surface area contributed by atoms with Gasteiger partial charge in [0.15, 0.2) is 0 Å². The van der Waals surface area contributed by atoms with Crippen molar-refractivity contribution in [2.75, 3.05) is 7.05 Å². The Hall–Kier alpha value is -2.90. The van der Waals surface area contributed by atoms with Crippen molar-refractivity contribution >= 4 is 15.9 Å². The Morgan fingerprint density at radius 1 is 1.03 bits per heavy atom. The maximum absolute atomic E-state index is 13.3. The van der Waals surface area contributed by atoms with Crippen molar-refractivity contribution in [3.05, 3.63) is 82.7 Å². The van der Waals surface area contributed by atoms with E-state index in [0.29, 0.717) is 11.1 Å². The molecule has 6 nitrogen and oxygen atoms in total. The van der Waals surface area contributed by atoms with E-state index < -0.39 is 10.0 Å². The van der Waals surface area contributed by atoms with Gasteiger partial charge in [-0.25, -0.2) is 13.6 Å². The Bertz CT molecular complexity index is 1210. The van der Waals surface area contributed by atoms with Crippen LogP contribution in [0.1, 0.15) is 45.8 Å². The van der Waals surface area contributed by atoms with Gasteiger partial charge in [0.25, 0.3) is 5.91 Å². The highest BCUT2D eigenvalue weighted by molar-refractivity contribution is 7.89. The molecule has 2 N–H and O–H groups in total. The minimum atomic E-state index is -3.81. The summed E-state index contributed by atoms with van der Waals surface area (Å²) in [5.74, 6) is -0.129. The van der Waals surface area contributed by atoms with Crippen LogP contribution in [0.15, 0.2) is 59.5 Å². The Kier molecular flexibility index (Phi) is 5.87. The maximum atomic E-state index is 13.3. The molecule has 0 spiro atoms. The fourth-order valence-electron chi connectivity index (χ4n) is 3.68. The lowest BCUT2D eigenvalue weighted by atomic mass is 10.1. The number of sulfonamides is 1. The molecule has 0 aliphatic rings. The highest BCUT2D eigenvalue weighted by Crippen LogP contribution is 2.27. The van der Waals surface area contributed by atoms with Crippen molar-refractivity contribution in [1.82, 2.24) is 9.47 Å². The third-order valence-corrected chi connectivity index (χ3v) is 6.40. The standard InChI is InChI=1S/C23H27N3O3S/c1-15-8-6-10-20(12-15)26-16(2)13-22(18(26)4)23(27)25(5)17(3)19-9-7-11-21(14-19)30(24,28)29/h6-14,17H,1-5H3,(H2,24,28,29)/t17-/m1/s1. The Balaban J connectivity index is 1.95. The number of primary sulfonamides is 1. The fraction of sp³-hybridized carbons (Fsp3) is 0.261.